The van der Waals surface area contributed by atoms with Crippen LogP contribution < -0.4 is 0 Å². The van der Waals surface area contributed by atoms with Crippen molar-refractivity contribution in [1.29, 1.82) is 0 Å². The molecule has 0 spiro atoms. The summed E-state index contributed by atoms with van der Waals surface area (Å²) < 4.78 is 0. The van der Waals surface area contributed by atoms with Crippen molar-refractivity contribution in [3.05, 3.63) is 44.0 Å². The molecule has 1 aliphatic rings. The van der Waals surface area contributed by atoms with Crippen LogP contribution in [-0.2, 0) is 0 Å². The van der Waals surface area contributed by atoms with Crippen molar-refractivity contribution >= 4 is 17.3 Å². The van der Waals surface area contributed by atoms with Gasteiger partial charge >= 0.3 is 0 Å². The van der Waals surface area contributed by atoms with Crippen molar-refractivity contribution in [2.24, 2.45) is 0 Å². The number of carbonyl (C=O) groups is 1. The minimum atomic E-state index is -0.725. The minimum Gasteiger partial charge on any atom is -0.336 e. The molecule has 8 nitrogen and oxygen atoms in total. The van der Waals surface area contributed by atoms with Gasteiger partial charge in [0.25, 0.3) is 17.3 Å². The maximum absolute atomic E-state index is 12.6. The maximum atomic E-state index is 12.6. The minimum absolute atomic E-state index is 0.00116. The van der Waals surface area contributed by atoms with Gasteiger partial charge in [0.15, 0.2) is 0 Å². The van der Waals surface area contributed by atoms with Crippen LogP contribution in [0, 0.1) is 20.2 Å². The molecular formula is C14H17N3O5. The number of nitro benzene ring substituents is 2. The van der Waals surface area contributed by atoms with E-state index in [2.05, 4.69) is 0 Å². The van der Waals surface area contributed by atoms with Crippen LogP contribution in [0.4, 0.5) is 11.4 Å². The summed E-state index contributed by atoms with van der Waals surface area (Å²) in [5.74, 6) is -0.377. The second-order valence-corrected chi connectivity index (χ2v) is 5.31. The van der Waals surface area contributed by atoms with E-state index in [4.69, 9.17) is 0 Å². The summed E-state index contributed by atoms with van der Waals surface area (Å²) in [6, 6.07) is 3.16. The van der Waals surface area contributed by atoms with Gasteiger partial charge in [-0.25, -0.2) is 0 Å². The summed E-state index contributed by atoms with van der Waals surface area (Å²) in [6.07, 6.45) is 3.60. The van der Waals surface area contributed by atoms with Crippen LogP contribution in [0.15, 0.2) is 18.2 Å². The quantitative estimate of drug-likeness (QED) is 0.628. The zero-order chi connectivity index (χ0) is 16.3. The molecule has 1 aromatic carbocycles. The highest BCUT2D eigenvalue weighted by Crippen LogP contribution is 2.26. The molecule has 118 valence electrons. The number of benzene rings is 1. The number of piperidine rings is 1. The van der Waals surface area contributed by atoms with Crippen LogP contribution >= 0.6 is 0 Å². The Labute approximate surface area is 127 Å². The van der Waals surface area contributed by atoms with Crippen LogP contribution in [0.25, 0.3) is 0 Å². The van der Waals surface area contributed by atoms with Crippen molar-refractivity contribution in [2.45, 2.75) is 38.6 Å². The molecule has 1 amide bonds. The van der Waals surface area contributed by atoms with Crippen LogP contribution in [0.1, 0.15) is 43.0 Å². The fourth-order valence-electron chi connectivity index (χ4n) is 2.79. The molecule has 1 aromatic rings. The number of hydrogen-bond acceptors (Lipinski definition) is 5. The Kier molecular flexibility index (Phi) is 4.69. The van der Waals surface area contributed by atoms with E-state index in [0.717, 1.165) is 43.9 Å². The summed E-state index contributed by atoms with van der Waals surface area (Å²) >= 11 is 0. The Hall–Kier alpha value is -2.51. The lowest BCUT2D eigenvalue weighted by Gasteiger charge is -2.35. The lowest BCUT2D eigenvalue weighted by molar-refractivity contribution is -0.394. The lowest BCUT2D eigenvalue weighted by Crippen LogP contribution is -2.43. The predicted octanol–water partition coefficient (Wildman–Crippen LogP) is 2.91. The van der Waals surface area contributed by atoms with Gasteiger partial charge in [-0.3, -0.25) is 25.0 Å². The number of hydrogen-bond donors (Lipinski definition) is 0. The molecule has 0 aromatic heterocycles. The first-order valence-electron chi connectivity index (χ1n) is 7.19. The molecule has 0 radical (unpaired) electrons. The van der Waals surface area contributed by atoms with E-state index in [-0.39, 0.29) is 17.5 Å². The Bertz CT molecular complexity index is 584. The number of carbonyl (C=O) groups excluding carboxylic acids is 1. The van der Waals surface area contributed by atoms with Crippen LogP contribution in [0.2, 0.25) is 0 Å². The molecule has 0 saturated carbocycles. The molecule has 0 unspecified atom stereocenters. The molecule has 1 atom stereocenters. The average molecular weight is 307 g/mol. The Balaban J connectivity index is 2.39. The first kappa shape index (κ1) is 15.9. The number of rotatable bonds is 4. The summed E-state index contributed by atoms with van der Waals surface area (Å²) in [7, 11) is 0. The van der Waals surface area contributed by atoms with E-state index < -0.39 is 21.2 Å². The molecule has 0 N–H and O–H groups in total. The van der Waals surface area contributed by atoms with Gasteiger partial charge in [-0.1, -0.05) is 6.92 Å². The van der Waals surface area contributed by atoms with E-state index >= 15 is 0 Å². The highest BCUT2D eigenvalue weighted by molar-refractivity contribution is 5.95. The number of nitrogens with zero attached hydrogens (tertiary/aromatic N) is 3. The summed E-state index contributed by atoms with van der Waals surface area (Å²) in [5, 5.41) is 21.8. The third kappa shape index (κ3) is 3.21. The molecular weight excluding hydrogens is 290 g/mol. The van der Waals surface area contributed by atoms with E-state index in [0.29, 0.717) is 6.54 Å². The number of nitro groups is 2. The van der Waals surface area contributed by atoms with E-state index in [1.807, 2.05) is 6.92 Å². The highest BCUT2D eigenvalue weighted by Gasteiger charge is 2.28. The maximum Gasteiger partial charge on any atom is 0.277 e. The average Bonchev–Trinajstić information content (AvgIpc) is 2.53. The van der Waals surface area contributed by atoms with Gasteiger partial charge in [-0.05, 0) is 25.7 Å². The molecule has 0 aliphatic carbocycles. The zero-order valence-electron chi connectivity index (χ0n) is 12.2. The molecule has 1 fully saturated rings. The van der Waals surface area contributed by atoms with Crippen molar-refractivity contribution in [3.63, 3.8) is 0 Å². The number of amides is 1. The lowest BCUT2D eigenvalue weighted by atomic mass is 9.98. The fourth-order valence-corrected chi connectivity index (χ4v) is 2.79. The van der Waals surface area contributed by atoms with Crippen LogP contribution in [0.5, 0.6) is 0 Å². The monoisotopic (exact) mass is 307 g/mol. The Morgan fingerprint density at radius 1 is 1.18 bits per heavy atom. The molecule has 0 bridgehead atoms. The first-order chi connectivity index (χ1) is 10.4. The first-order valence-corrected chi connectivity index (χ1v) is 7.19. The third-order valence-electron chi connectivity index (χ3n) is 3.93. The van der Waals surface area contributed by atoms with Crippen molar-refractivity contribution in [2.75, 3.05) is 6.54 Å². The SMILES string of the molecule is CC[C@@H]1CCCCN1C(=O)c1cc([N+](=O)[O-])cc([N+](=O)[O-])c1. The number of likely N-dealkylation sites (tertiary alicyclic amines) is 1. The molecule has 1 aliphatic heterocycles. The molecule has 2 rings (SSSR count). The van der Waals surface area contributed by atoms with Gasteiger partial charge in [0.2, 0.25) is 0 Å². The van der Waals surface area contributed by atoms with E-state index in [1.54, 1.807) is 4.90 Å². The summed E-state index contributed by atoms with van der Waals surface area (Å²) in [6.45, 7) is 2.56. The fraction of sp³-hybridized carbons (Fsp3) is 0.500. The van der Waals surface area contributed by atoms with Crippen molar-refractivity contribution in [1.82, 2.24) is 4.90 Å². The molecule has 1 saturated heterocycles. The van der Waals surface area contributed by atoms with Crippen molar-refractivity contribution < 1.29 is 14.6 Å². The molecule has 8 heteroatoms. The predicted molar refractivity (Wildman–Crippen MR) is 78.7 cm³/mol. The highest BCUT2D eigenvalue weighted by atomic mass is 16.6. The van der Waals surface area contributed by atoms with Gasteiger partial charge in [-0.2, -0.15) is 0 Å². The normalized spacial score (nSPS) is 18.0. The van der Waals surface area contributed by atoms with Gasteiger partial charge in [0.1, 0.15) is 0 Å². The van der Waals surface area contributed by atoms with Gasteiger partial charge < -0.3 is 4.90 Å². The molecule has 22 heavy (non-hydrogen) atoms. The van der Waals surface area contributed by atoms with Crippen LogP contribution in [-0.4, -0.2) is 33.2 Å². The Morgan fingerprint density at radius 2 is 1.77 bits per heavy atom. The van der Waals surface area contributed by atoms with E-state index in [1.165, 1.54) is 0 Å². The van der Waals surface area contributed by atoms with Crippen LogP contribution in [0.3, 0.4) is 0 Å². The largest absolute Gasteiger partial charge is 0.336 e. The smallest absolute Gasteiger partial charge is 0.277 e. The van der Waals surface area contributed by atoms with E-state index in [9.17, 15) is 25.0 Å². The van der Waals surface area contributed by atoms with Crippen molar-refractivity contribution in [3.8, 4) is 0 Å². The van der Waals surface area contributed by atoms with Gasteiger partial charge in [-0.15, -0.1) is 0 Å². The Morgan fingerprint density at radius 3 is 2.27 bits per heavy atom. The summed E-state index contributed by atoms with van der Waals surface area (Å²) in [5.41, 5.74) is -0.883. The van der Waals surface area contributed by atoms with Gasteiger partial charge in [0.05, 0.1) is 21.5 Å². The third-order valence-corrected chi connectivity index (χ3v) is 3.93. The zero-order valence-corrected chi connectivity index (χ0v) is 12.2. The molecule has 1 heterocycles. The summed E-state index contributed by atoms with van der Waals surface area (Å²) in [4.78, 5) is 34.6. The number of non-ortho nitro benzene ring substituents is 2. The standard InChI is InChI=1S/C14H17N3O5/c1-2-11-5-3-4-6-15(11)14(18)10-7-12(16(19)20)9-13(8-10)17(21)22/h7-9,11H,2-6H2,1H3/t11-/m1/s1. The second-order valence-electron chi connectivity index (χ2n) is 5.31. The second kappa shape index (κ2) is 6.50. The van der Waals surface area contributed by atoms with Gasteiger partial charge in [0, 0.05) is 24.7 Å². The topological polar surface area (TPSA) is 107 Å².